The van der Waals surface area contributed by atoms with Gasteiger partial charge in [0.1, 0.15) is 6.04 Å². The Balaban J connectivity index is 1.72. The number of hydrogen-bond acceptors (Lipinski definition) is 4. The maximum atomic E-state index is 12.4. The Bertz CT molecular complexity index is 389. The fraction of sp³-hybridized carbons (Fsp3) is 0.882. The molecule has 1 aliphatic carbocycles. The molecule has 0 aromatic carbocycles. The highest BCUT2D eigenvalue weighted by atomic mass is 16.5. The molecule has 1 saturated carbocycles. The first-order valence-electron chi connectivity index (χ1n) is 8.84. The summed E-state index contributed by atoms with van der Waals surface area (Å²) >= 11 is 0. The van der Waals surface area contributed by atoms with E-state index in [0.29, 0.717) is 19.1 Å². The zero-order valence-electron chi connectivity index (χ0n) is 14.1. The van der Waals surface area contributed by atoms with Crippen LogP contribution in [0.5, 0.6) is 0 Å². The zero-order valence-corrected chi connectivity index (χ0v) is 14.1. The van der Waals surface area contributed by atoms with Crippen LogP contribution >= 0.6 is 0 Å². The molecule has 5 heteroatoms. The average Bonchev–Trinajstić information content (AvgIpc) is 2.77. The van der Waals surface area contributed by atoms with Crippen LogP contribution in [0.3, 0.4) is 0 Å². The lowest BCUT2D eigenvalue weighted by Gasteiger charge is -2.22. The predicted octanol–water partition coefficient (Wildman–Crippen LogP) is 2.69. The Kier molecular flexibility index (Phi) is 6.68. The van der Waals surface area contributed by atoms with Gasteiger partial charge in [-0.25, -0.2) is 4.99 Å². The van der Waals surface area contributed by atoms with Crippen molar-refractivity contribution in [2.45, 2.75) is 77.4 Å². The van der Waals surface area contributed by atoms with E-state index in [1.807, 2.05) is 13.8 Å². The molecule has 1 heterocycles. The number of hydrogen-bond donors (Lipinski definition) is 1. The molecule has 0 aromatic rings. The van der Waals surface area contributed by atoms with Gasteiger partial charge in [0.15, 0.2) is 5.96 Å². The summed E-state index contributed by atoms with van der Waals surface area (Å²) in [5, 5.41) is 0. The minimum atomic E-state index is -0.243. The lowest BCUT2D eigenvalue weighted by Crippen LogP contribution is -2.40. The molecule has 5 nitrogen and oxygen atoms in total. The van der Waals surface area contributed by atoms with Gasteiger partial charge in [0.2, 0.25) is 0 Å². The predicted molar refractivity (Wildman–Crippen MR) is 88.6 cm³/mol. The van der Waals surface area contributed by atoms with Crippen molar-refractivity contribution in [2.24, 2.45) is 16.6 Å². The maximum absolute atomic E-state index is 12.4. The Hall–Kier alpha value is -1.10. The van der Waals surface area contributed by atoms with Crippen LogP contribution in [0.15, 0.2) is 4.99 Å². The van der Waals surface area contributed by atoms with E-state index < -0.39 is 0 Å². The quantitative estimate of drug-likeness (QED) is 0.701. The van der Waals surface area contributed by atoms with Gasteiger partial charge in [0.25, 0.3) is 5.91 Å². The van der Waals surface area contributed by atoms with E-state index in [-0.39, 0.29) is 18.1 Å². The van der Waals surface area contributed by atoms with E-state index in [9.17, 15) is 4.79 Å². The van der Waals surface area contributed by atoms with Gasteiger partial charge in [0.05, 0.1) is 6.10 Å². The third-order valence-corrected chi connectivity index (χ3v) is 4.67. The number of carbonyl (C=O) groups is 1. The molecule has 1 unspecified atom stereocenters. The molecule has 0 saturated heterocycles. The van der Waals surface area contributed by atoms with Crippen LogP contribution in [0.1, 0.15) is 65.2 Å². The van der Waals surface area contributed by atoms with Crippen molar-refractivity contribution in [2.75, 3.05) is 13.2 Å². The molecular weight excluding hydrogens is 278 g/mol. The third-order valence-electron chi connectivity index (χ3n) is 4.67. The number of guanidine groups is 1. The summed E-state index contributed by atoms with van der Waals surface area (Å²) in [7, 11) is 0. The Morgan fingerprint density at radius 3 is 2.68 bits per heavy atom. The SMILES string of the molecule is CC(C)OCCCN1C(=O)C(CCC2CCCCC2)N=C1N. The van der Waals surface area contributed by atoms with Crippen LogP contribution in [0.2, 0.25) is 0 Å². The highest BCUT2D eigenvalue weighted by molar-refractivity contribution is 6.04. The van der Waals surface area contributed by atoms with Crippen LogP contribution in [-0.2, 0) is 9.53 Å². The van der Waals surface area contributed by atoms with Crippen molar-refractivity contribution in [3.8, 4) is 0 Å². The van der Waals surface area contributed by atoms with Gasteiger partial charge < -0.3 is 10.5 Å². The molecule has 0 aromatic heterocycles. The number of amides is 1. The zero-order chi connectivity index (χ0) is 15.9. The Morgan fingerprint density at radius 1 is 1.27 bits per heavy atom. The minimum absolute atomic E-state index is 0.0813. The minimum Gasteiger partial charge on any atom is -0.379 e. The summed E-state index contributed by atoms with van der Waals surface area (Å²) in [5.74, 6) is 1.26. The first-order valence-corrected chi connectivity index (χ1v) is 8.84. The number of nitrogens with zero attached hydrogens (tertiary/aromatic N) is 2. The molecule has 1 aliphatic heterocycles. The number of nitrogens with two attached hydrogens (primary N) is 1. The lowest BCUT2D eigenvalue weighted by atomic mass is 9.85. The Morgan fingerprint density at radius 2 is 2.00 bits per heavy atom. The van der Waals surface area contributed by atoms with Gasteiger partial charge in [-0.2, -0.15) is 0 Å². The van der Waals surface area contributed by atoms with E-state index in [2.05, 4.69) is 4.99 Å². The molecule has 1 amide bonds. The fourth-order valence-corrected chi connectivity index (χ4v) is 3.40. The van der Waals surface area contributed by atoms with Crippen LogP contribution in [0, 0.1) is 5.92 Å². The molecule has 2 aliphatic rings. The van der Waals surface area contributed by atoms with Gasteiger partial charge >= 0.3 is 0 Å². The highest BCUT2D eigenvalue weighted by Crippen LogP contribution is 2.29. The van der Waals surface area contributed by atoms with Crippen molar-refractivity contribution in [1.29, 1.82) is 0 Å². The summed E-state index contributed by atoms with van der Waals surface area (Å²) < 4.78 is 5.51. The first kappa shape index (κ1) is 17.3. The van der Waals surface area contributed by atoms with Gasteiger partial charge in [-0.1, -0.05) is 32.1 Å². The van der Waals surface area contributed by atoms with Crippen LogP contribution < -0.4 is 5.73 Å². The number of aliphatic imine (C=N–C) groups is 1. The number of carbonyl (C=O) groups excluding carboxylic acids is 1. The van der Waals surface area contributed by atoms with Gasteiger partial charge in [-0.05, 0) is 39.0 Å². The maximum Gasteiger partial charge on any atom is 0.254 e. The largest absolute Gasteiger partial charge is 0.379 e. The standard InChI is InChI=1S/C17H31N3O2/c1-13(2)22-12-6-11-20-16(21)15(19-17(20)18)10-9-14-7-4-3-5-8-14/h13-15H,3-12H2,1-2H3,(H2,18,19). The average molecular weight is 309 g/mol. The normalized spacial score (nSPS) is 23.4. The second kappa shape index (κ2) is 8.51. The molecule has 0 spiro atoms. The summed E-state index contributed by atoms with van der Waals surface area (Å²) in [4.78, 5) is 18.4. The van der Waals surface area contributed by atoms with Crippen molar-refractivity contribution in [3.63, 3.8) is 0 Å². The second-order valence-electron chi connectivity index (χ2n) is 6.85. The molecule has 2 rings (SSSR count). The van der Waals surface area contributed by atoms with Crippen molar-refractivity contribution in [1.82, 2.24) is 4.90 Å². The molecule has 1 atom stereocenters. The van der Waals surface area contributed by atoms with E-state index in [1.165, 1.54) is 32.1 Å². The van der Waals surface area contributed by atoms with Crippen molar-refractivity contribution in [3.05, 3.63) is 0 Å². The molecule has 0 bridgehead atoms. The second-order valence-corrected chi connectivity index (χ2v) is 6.85. The molecule has 2 N–H and O–H groups in total. The number of ether oxygens (including phenoxy) is 1. The monoisotopic (exact) mass is 309 g/mol. The van der Waals surface area contributed by atoms with E-state index in [1.54, 1.807) is 4.90 Å². The van der Waals surface area contributed by atoms with Crippen LogP contribution in [0.25, 0.3) is 0 Å². The lowest BCUT2D eigenvalue weighted by molar-refractivity contribution is -0.127. The van der Waals surface area contributed by atoms with Gasteiger partial charge in [-0.15, -0.1) is 0 Å². The van der Waals surface area contributed by atoms with Gasteiger partial charge in [-0.3, -0.25) is 9.69 Å². The van der Waals surface area contributed by atoms with Crippen LogP contribution in [0.4, 0.5) is 0 Å². The van der Waals surface area contributed by atoms with E-state index in [0.717, 1.165) is 25.2 Å². The van der Waals surface area contributed by atoms with Gasteiger partial charge in [0, 0.05) is 13.2 Å². The van der Waals surface area contributed by atoms with Crippen molar-refractivity contribution < 1.29 is 9.53 Å². The van der Waals surface area contributed by atoms with Crippen LogP contribution in [-0.4, -0.2) is 42.1 Å². The molecule has 126 valence electrons. The third kappa shape index (κ3) is 4.97. The smallest absolute Gasteiger partial charge is 0.254 e. The number of rotatable bonds is 8. The molecule has 0 radical (unpaired) electrons. The summed E-state index contributed by atoms with van der Waals surface area (Å²) in [6.45, 7) is 5.29. The molecule has 1 fully saturated rings. The van der Waals surface area contributed by atoms with Crippen molar-refractivity contribution >= 4 is 11.9 Å². The highest BCUT2D eigenvalue weighted by Gasteiger charge is 2.33. The summed E-state index contributed by atoms with van der Waals surface area (Å²) in [6.07, 6.45) is 9.68. The van der Waals surface area contributed by atoms with E-state index in [4.69, 9.17) is 10.5 Å². The molecular formula is C17H31N3O2. The summed E-state index contributed by atoms with van der Waals surface area (Å²) in [5.41, 5.74) is 5.92. The molecule has 22 heavy (non-hydrogen) atoms. The fourth-order valence-electron chi connectivity index (χ4n) is 3.40. The summed E-state index contributed by atoms with van der Waals surface area (Å²) in [6, 6.07) is -0.243. The first-order chi connectivity index (χ1) is 10.6. The van der Waals surface area contributed by atoms with E-state index >= 15 is 0 Å². The topological polar surface area (TPSA) is 67.9 Å². The Labute approximate surface area is 134 Å².